The average molecular weight is 287 g/mol. The van der Waals surface area contributed by atoms with Crippen molar-refractivity contribution in [2.24, 2.45) is 0 Å². The van der Waals surface area contributed by atoms with Gasteiger partial charge in [-0.05, 0) is 19.5 Å². The third kappa shape index (κ3) is 4.27. The van der Waals surface area contributed by atoms with Crippen LogP contribution in [0.2, 0.25) is 0 Å². The molecule has 0 aliphatic rings. The fraction of sp³-hybridized carbons (Fsp3) is 0.455. The van der Waals surface area contributed by atoms with Crippen LogP contribution in [0, 0.1) is 10.1 Å². The normalized spacial score (nSPS) is 13.2. The molecule has 19 heavy (non-hydrogen) atoms. The SMILES string of the molecule is CCN[C@@H](C)CNS(=O)(=O)c1ccccc1[N+](=O)[O-]. The van der Waals surface area contributed by atoms with Crippen LogP contribution in [-0.4, -0.2) is 32.5 Å². The van der Waals surface area contributed by atoms with E-state index in [4.69, 9.17) is 0 Å². The summed E-state index contributed by atoms with van der Waals surface area (Å²) < 4.78 is 26.4. The number of likely N-dealkylation sites (N-methyl/N-ethyl adjacent to an activating group) is 1. The fourth-order valence-electron chi connectivity index (χ4n) is 1.57. The molecule has 8 heteroatoms. The molecule has 0 bridgehead atoms. The molecule has 0 saturated heterocycles. The van der Waals surface area contributed by atoms with Crippen molar-refractivity contribution < 1.29 is 13.3 Å². The van der Waals surface area contributed by atoms with Crippen LogP contribution >= 0.6 is 0 Å². The first-order chi connectivity index (χ1) is 8.88. The lowest BCUT2D eigenvalue weighted by molar-refractivity contribution is -0.387. The Bertz CT molecular complexity index is 545. The summed E-state index contributed by atoms with van der Waals surface area (Å²) >= 11 is 0. The number of nitro groups is 1. The zero-order valence-electron chi connectivity index (χ0n) is 10.8. The molecular formula is C11H17N3O4S. The number of sulfonamides is 1. The van der Waals surface area contributed by atoms with E-state index in [0.29, 0.717) is 6.54 Å². The summed E-state index contributed by atoms with van der Waals surface area (Å²) in [6.45, 7) is 4.62. The van der Waals surface area contributed by atoms with Crippen molar-refractivity contribution in [2.45, 2.75) is 24.8 Å². The van der Waals surface area contributed by atoms with E-state index in [1.165, 1.54) is 24.3 Å². The van der Waals surface area contributed by atoms with Gasteiger partial charge >= 0.3 is 0 Å². The molecule has 0 spiro atoms. The minimum atomic E-state index is -3.88. The Balaban J connectivity index is 2.92. The summed E-state index contributed by atoms with van der Waals surface area (Å²) in [6.07, 6.45) is 0. The van der Waals surface area contributed by atoms with Crippen LogP contribution in [0.4, 0.5) is 5.69 Å². The van der Waals surface area contributed by atoms with Crippen molar-refractivity contribution in [2.75, 3.05) is 13.1 Å². The number of para-hydroxylation sites is 1. The molecule has 0 saturated carbocycles. The van der Waals surface area contributed by atoms with E-state index < -0.39 is 20.6 Å². The predicted octanol–water partition coefficient (Wildman–Crippen LogP) is 0.871. The topological polar surface area (TPSA) is 101 Å². The summed E-state index contributed by atoms with van der Waals surface area (Å²) in [5.74, 6) is 0. The molecule has 7 nitrogen and oxygen atoms in total. The molecule has 0 aliphatic heterocycles. The summed E-state index contributed by atoms with van der Waals surface area (Å²) in [5, 5.41) is 13.9. The standard InChI is InChI=1S/C11H17N3O4S/c1-3-12-9(2)8-13-19(17,18)11-7-5-4-6-10(11)14(15)16/h4-7,9,12-13H,3,8H2,1-2H3/t9-/m0/s1. The van der Waals surface area contributed by atoms with Crippen molar-refractivity contribution in [1.29, 1.82) is 0 Å². The highest BCUT2D eigenvalue weighted by atomic mass is 32.2. The number of hydrogen-bond donors (Lipinski definition) is 2. The van der Waals surface area contributed by atoms with Gasteiger partial charge in [0.2, 0.25) is 10.0 Å². The molecule has 0 unspecified atom stereocenters. The Morgan fingerprint density at radius 2 is 2.00 bits per heavy atom. The summed E-state index contributed by atoms with van der Waals surface area (Å²) in [6, 6.07) is 5.22. The molecule has 1 aromatic rings. The second-order valence-corrected chi connectivity index (χ2v) is 5.77. The van der Waals surface area contributed by atoms with Crippen LogP contribution in [0.15, 0.2) is 29.2 Å². The first-order valence-corrected chi connectivity index (χ1v) is 7.33. The maximum Gasteiger partial charge on any atom is 0.289 e. The van der Waals surface area contributed by atoms with Gasteiger partial charge in [0.15, 0.2) is 4.90 Å². The minimum absolute atomic E-state index is 0.0532. The maximum absolute atomic E-state index is 12.0. The lowest BCUT2D eigenvalue weighted by Gasteiger charge is -2.13. The largest absolute Gasteiger partial charge is 0.313 e. The van der Waals surface area contributed by atoms with Gasteiger partial charge < -0.3 is 5.32 Å². The first-order valence-electron chi connectivity index (χ1n) is 5.85. The third-order valence-electron chi connectivity index (χ3n) is 2.48. The average Bonchev–Trinajstić information content (AvgIpc) is 2.37. The Morgan fingerprint density at radius 1 is 1.37 bits per heavy atom. The number of hydrogen-bond acceptors (Lipinski definition) is 5. The van der Waals surface area contributed by atoms with E-state index in [0.717, 1.165) is 0 Å². The van der Waals surface area contributed by atoms with E-state index >= 15 is 0 Å². The Hall–Kier alpha value is -1.51. The zero-order valence-corrected chi connectivity index (χ0v) is 11.6. The van der Waals surface area contributed by atoms with Crippen molar-refractivity contribution in [1.82, 2.24) is 10.0 Å². The van der Waals surface area contributed by atoms with Crippen molar-refractivity contribution in [3.63, 3.8) is 0 Å². The van der Waals surface area contributed by atoms with Crippen LogP contribution in [-0.2, 0) is 10.0 Å². The first kappa shape index (κ1) is 15.5. The smallest absolute Gasteiger partial charge is 0.289 e. The summed E-state index contributed by atoms with van der Waals surface area (Å²) in [4.78, 5) is 9.79. The van der Waals surface area contributed by atoms with Gasteiger partial charge in [-0.2, -0.15) is 0 Å². The lowest BCUT2D eigenvalue weighted by Crippen LogP contribution is -2.38. The molecular weight excluding hydrogens is 270 g/mol. The van der Waals surface area contributed by atoms with E-state index in [1.807, 2.05) is 13.8 Å². The lowest BCUT2D eigenvalue weighted by atomic mass is 10.3. The van der Waals surface area contributed by atoms with Crippen molar-refractivity contribution in [3.05, 3.63) is 34.4 Å². The van der Waals surface area contributed by atoms with Gasteiger partial charge in [0.1, 0.15) is 0 Å². The van der Waals surface area contributed by atoms with Gasteiger partial charge in [-0.1, -0.05) is 19.1 Å². The van der Waals surface area contributed by atoms with E-state index in [2.05, 4.69) is 10.0 Å². The van der Waals surface area contributed by atoms with Crippen LogP contribution < -0.4 is 10.0 Å². The molecule has 0 aromatic heterocycles. The minimum Gasteiger partial charge on any atom is -0.313 e. The predicted molar refractivity (Wildman–Crippen MR) is 71.4 cm³/mol. The highest BCUT2D eigenvalue weighted by molar-refractivity contribution is 7.89. The van der Waals surface area contributed by atoms with E-state index in [1.54, 1.807) is 0 Å². The molecule has 1 aromatic carbocycles. The highest BCUT2D eigenvalue weighted by Gasteiger charge is 2.24. The molecule has 0 amide bonds. The maximum atomic E-state index is 12.0. The van der Waals surface area contributed by atoms with Crippen LogP contribution in [0.1, 0.15) is 13.8 Å². The molecule has 0 aliphatic carbocycles. The number of nitrogens with one attached hydrogen (secondary N) is 2. The second kappa shape index (κ2) is 6.60. The number of rotatable bonds is 7. The fourth-order valence-corrected chi connectivity index (χ4v) is 2.87. The molecule has 0 radical (unpaired) electrons. The van der Waals surface area contributed by atoms with Gasteiger partial charge in [0.05, 0.1) is 4.92 Å². The number of nitro benzene ring substituents is 1. The van der Waals surface area contributed by atoms with Gasteiger partial charge in [-0.15, -0.1) is 0 Å². The Morgan fingerprint density at radius 3 is 2.58 bits per heavy atom. The van der Waals surface area contributed by atoms with Gasteiger partial charge in [0.25, 0.3) is 5.69 Å². The third-order valence-corrected chi connectivity index (χ3v) is 3.95. The van der Waals surface area contributed by atoms with Crippen LogP contribution in [0.3, 0.4) is 0 Å². The van der Waals surface area contributed by atoms with E-state index in [-0.39, 0.29) is 17.5 Å². The number of benzene rings is 1. The molecule has 0 fully saturated rings. The molecule has 1 rings (SSSR count). The summed E-state index contributed by atoms with van der Waals surface area (Å²) in [5.41, 5.74) is -0.425. The quantitative estimate of drug-likeness (QED) is 0.572. The van der Waals surface area contributed by atoms with Gasteiger partial charge in [-0.25, -0.2) is 13.1 Å². The zero-order chi connectivity index (χ0) is 14.5. The van der Waals surface area contributed by atoms with Crippen LogP contribution in [0.5, 0.6) is 0 Å². The molecule has 106 valence electrons. The molecule has 0 heterocycles. The summed E-state index contributed by atoms with van der Waals surface area (Å²) in [7, 11) is -3.88. The Kier molecular flexibility index (Phi) is 5.40. The highest BCUT2D eigenvalue weighted by Crippen LogP contribution is 2.22. The number of nitrogens with zero attached hydrogens (tertiary/aromatic N) is 1. The van der Waals surface area contributed by atoms with Crippen molar-refractivity contribution in [3.8, 4) is 0 Å². The van der Waals surface area contributed by atoms with Crippen LogP contribution in [0.25, 0.3) is 0 Å². The van der Waals surface area contributed by atoms with Crippen molar-refractivity contribution >= 4 is 15.7 Å². The van der Waals surface area contributed by atoms with E-state index in [9.17, 15) is 18.5 Å². The molecule has 2 N–H and O–H groups in total. The van der Waals surface area contributed by atoms with Gasteiger partial charge in [0, 0.05) is 18.7 Å². The second-order valence-electron chi connectivity index (χ2n) is 4.04. The molecule has 1 atom stereocenters. The van der Waals surface area contributed by atoms with Gasteiger partial charge in [-0.3, -0.25) is 10.1 Å². The monoisotopic (exact) mass is 287 g/mol. The Labute approximate surface area is 112 Å².